The van der Waals surface area contributed by atoms with E-state index in [1.165, 1.54) is 0 Å². The molecule has 0 aliphatic carbocycles. The second kappa shape index (κ2) is 7.13. The molecule has 2 aromatic rings. The van der Waals surface area contributed by atoms with Gasteiger partial charge in [0.15, 0.2) is 0 Å². The Morgan fingerprint density at radius 2 is 1.81 bits per heavy atom. The molecule has 21 heavy (non-hydrogen) atoms. The van der Waals surface area contributed by atoms with E-state index in [2.05, 4.69) is 21.2 Å². The second-order valence-electron chi connectivity index (χ2n) is 4.37. The van der Waals surface area contributed by atoms with Gasteiger partial charge in [0.25, 0.3) is 5.91 Å². The van der Waals surface area contributed by atoms with Crippen molar-refractivity contribution in [2.24, 2.45) is 0 Å². The lowest BCUT2D eigenvalue weighted by Gasteiger charge is -2.11. The van der Waals surface area contributed by atoms with Crippen molar-refractivity contribution in [1.29, 1.82) is 0 Å². The molecule has 0 saturated carbocycles. The molecule has 1 N–H and O–H groups in total. The lowest BCUT2D eigenvalue weighted by molar-refractivity contribution is 0.0950. The molecule has 0 heterocycles. The highest BCUT2D eigenvalue weighted by molar-refractivity contribution is 9.10. The number of ether oxygens (including phenoxy) is 2. The zero-order valence-corrected chi connectivity index (χ0v) is 13.4. The van der Waals surface area contributed by atoms with Crippen molar-refractivity contribution < 1.29 is 14.3 Å². The van der Waals surface area contributed by atoms with E-state index in [0.29, 0.717) is 17.9 Å². The summed E-state index contributed by atoms with van der Waals surface area (Å²) in [5.74, 6) is 1.31. The molecule has 0 aliphatic rings. The van der Waals surface area contributed by atoms with Crippen LogP contribution < -0.4 is 14.8 Å². The molecule has 0 bridgehead atoms. The van der Waals surface area contributed by atoms with Gasteiger partial charge in [-0.1, -0.05) is 15.9 Å². The van der Waals surface area contributed by atoms with Crippen molar-refractivity contribution in [2.45, 2.75) is 6.54 Å². The van der Waals surface area contributed by atoms with Crippen LogP contribution in [0.25, 0.3) is 0 Å². The van der Waals surface area contributed by atoms with Crippen LogP contribution in [0.1, 0.15) is 15.9 Å². The number of hydrogen-bond acceptors (Lipinski definition) is 3. The van der Waals surface area contributed by atoms with E-state index in [1.54, 1.807) is 26.4 Å². The molecular formula is C16H16BrNO3. The van der Waals surface area contributed by atoms with Gasteiger partial charge >= 0.3 is 0 Å². The van der Waals surface area contributed by atoms with Gasteiger partial charge in [0.05, 0.1) is 14.2 Å². The lowest BCUT2D eigenvalue weighted by atomic mass is 10.1. The standard InChI is InChI=1S/C16H16BrNO3/c1-20-14-7-8-15(21-2)12(9-14)10-18-16(19)11-3-5-13(17)6-4-11/h3-9H,10H2,1-2H3,(H,18,19). The average Bonchev–Trinajstić information content (AvgIpc) is 2.52. The first-order chi connectivity index (χ1) is 10.1. The maximum absolute atomic E-state index is 12.1. The molecule has 0 aliphatic heterocycles. The fourth-order valence-electron chi connectivity index (χ4n) is 1.90. The lowest BCUT2D eigenvalue weighted by Crippen LogP contribution is -2.23. The number of rotatable bonds is 5. The van der Waals surface area contributed by atoms with Crippen LogP contribution in [-0.4, -0.2) is 20.1 Å². The quantitative estimate of drug-likeness (QED) is 0.899. The normalized spacial score (nSPS) is 10.0. The summed E-state index contributed by atoms with van der Waals surface area (Å²) in [5.41, 5.74) is 1.47. The molecule has 2 aromatic carbocycles. The minimum atomic E-state index is -0.132. The molecule has 1 amide bonds. The number of methoxy groups -OCH3 is 2. The summed E-state index contributed by atoms with van der Waals surface area (Å²) in [4.78, 5) is 12.1. The average molecular weight is 350 g/mol. The summed E-state index contributed by atoms with van der Waals surface area (Å²) in [6, 6.07) is 12.7. The smallest absolute Gasteiger partial charge is 0.251 e. The summed E-state index contributed by atoms with van der Waals surface area (Å²) in [6.45, 7) is 0.370. The Labute approximate surface area is 132 Å². The molecule has 0 spiro atoms. The van der Waals surface area contributed by atoms with Gasteiger partial charge in [-0.25, -0.2) is 0 Å². The van der Waals surface area contributed by atoms with E-state index in [4.69, 9.17) is 9.47 Å². The molecule has 110 valence electrons. The monoisotopic (exact) mass is 349 g/mol. The Bertz CT molecular complexity index is 626. The maximum Gasteiger partial charge on any atom is 0.251 e. The Morgan fingerprint density at radius 3 is 2.43 bits per heavy atom. The molecule has 0 fully saturated rings. The van der Waals surface area contributed by atoms with Crippen LogP contribution >= 0.6 is 15.9 Å². The molecule has 0 aromatic heterocycles. The number of carbonyl (C=O) groups excluding carboxylic acids is 1. The summed E-state index contributed by atoms with van der Waals surface area (Å²) in [7, 11) is 3.20. The van der Waals surface area contributed by atoms with Crippen molar-refractivity contribution in [2.75, 3.05) is 14.2 Å². The first kappa shape index (κ1) is 15.4. The number of hydrogen-bond donors (Lipinski definition) is 1. The highest BCUT2D eigenvalue weighted by Gasteiger charge is 2.09. The highest BCUT2D eigenvalue weighted by Crippen LogP contribution is 2.23. The molecular weight excluding hydrogens is 334 g/mol. The zero-order chi connectivity index (χ0) is 15.2. The van der Waals surface area contributed by atoms with Crippen molar-refractivity contribution in [1.82, 2.24) is 5.32 Å². The van der Waals surface area contributed by atoms with Gasteiger partial charge in [-0.05, 0) is 42.5 Å². The molecule has 2 rings (SSSR count). The summed E-state index contributed by atoms with van der Waals surface area (Å²) in [6.07, 6.45) is 0. The van der Waals surface area contributed by atoms with E-state index >= 15 is 0 Å². The van der Waals surface area contributed by atoms with Crippen LogP contribution in [0.5, 0.6) is 11.5 Å². The van der Waals surface area contributed by atoms with Crippen LogP contribution in [-0.2, 0) is 6.54 Å². The van der Waals surface area contributed by atoms with Crippen LogP contribution in [0.3, 0.4) is 0 Å². The van der Waals surface area contributed by atoms with Crippen molar-refractivity contribution in [3.05, 3.63) is 58.1 Å². The van der Waals surface area contributed by atoms with Gasteiger partial charge in [0, 0.05) is 22.1 Å². The van der Waals surface area contributed by atoms with E-state index in [9.17, 15) is 4.79 Å². The van der Waals surface area contributed by atoms with Crippen LogP contribution in [0.15, 0.2) is 46.9 Å². The maximum atomic E-state index is 12.1. The fourth-order valence-corrected chi connectivity index (χ4v) is 2.16. The molecule has 4 nitrogen and oxygen atoms in total. The largest absolute Gasteiger partial charge is 0.497 e. The molecule has 5 heteroatoms. The highest BCUT2D eigenvalue weighted by atomic mass is 79.9. The fraction of sp³-hybridized carbons (Fsp3) is 0.188. The van der Waals surface area contributed by atoms with Gasteiger partial charge in [-0.3, -0.25) is 4.79 Å². The summed E-state index contributed by atoms with van der Waals surface area (Å²) < 4.78 is 11.4. The van der Waals surface area contributed by atoms with Crippen LogP contribution in [0, 0.1) is 0 Å². The Morgan fingerprint density at radius 1 is 1.10 bits per heavy atom. The predicted molar refractivity (Wildman–Crippen MR) is 84.9 cm³/mol. The van der Waals surface area contributed by atoms with Crippen molar-refractivity contribution >= 4 is 21.8 Å². The zero-order valence-electron chi connectivity index (χ0n) is 11.9. The van der Waals surface area contributed by atoms with Crippen molar-refractivity contribution in [3.8, 4) is 11.5 Å². The third-order valence-corrected chi connectivity index (χ3v) is 3.56. The molecule has 0 atom stereocenters. The number of nitrogens with one attached hydrogen (secondary N) is 1. The molecule has 0 radical (unpaired) electrons. The third-order valence-electron chi connectivity index (χ3n) is 3.03. The Kier molecular flexibility index (Phi) is 5.22. The van der Waals surface area contributed by atoms with Gasteiger partial charge in [-0.2, -0.15) is 0 Å². The molecule has 0 unspecified atom stereocenters. The second-order valence-corrected chi connectivity index (χ2v) is 5.28. The summed E-state index contributed by atoms with van der Waals surface area (Å²) >= 11 is 3.34. The minimum Gasteiger partial charge on any atom is -0.497 e. The van der Waals surface area contributed by atoms with E-state index in [1.807, 2.05) is 30.3 Å². The van der Waals surface area contributed by atoms with Crippen LogP contribution in [0.4, 0.5) is 0 Å². The van der Waals surface area contributed by atoms with Gasteiger partial charge < -0.3 is 14.8 Å². The first-order valence-corrected chi connectivity index (χ1v) is 7.18. The number of amides is 1. The third kappa shape index (κ3) is 3.98. The van der Waals surface area contributed by atoms with E-state index < -0.39 is 0 Å². The van der Waals surface area contributed by atoms with Gasteiger partial charge in [0.1, 0.15) is 11.5 Å². The number of halogens is 1. The van der Waals surface area contributed by atoms with Gasteiger partial charge in [0.2, 0.25) is 0 Å². The summed E-state index contributed by atoms with van der Waals surface area (Å²) in [5, 5.41) is 2.87. The predicted octanol–water partition coefficient (Wildman–Crippen LogP) is 3.40. The SMILES string of the molecule is COc1ccc(OC)c(CNC(=O)c2ccc(Br)cc2)c1. The topological polar surface area (TPSA) is 47.6 Å². The number of benzene rings is 2. The van der Waals surface area contributed by atoms with E-state index in [0.717, 1.165) is 15.8 Å². The Balaban J connectivity index is 2.08. The molecule has 0 saturated heterocycles. The van der Waals surface area contributed by atoms with Gasteiger partial charge in [-0.15, -0.1) is 0 Å². The minimum absolute atomic E-state index is 0.132. The van der Waals surface area contributed by atoms with Crippen molar-refractivity contribution in [3.63, 3.8) is 0 Å². The van der Waals surface area contributed by atoms with Crippen LogP contribution in [0.2, 0.25) is 0 Å². The number of carbonyl (C=O) groups is 1. The Hall–Kier alpha value is -2.01. The first-order valence-electron chi connectivity index (χ1n) is 6.38. The van der Waals surface area contributed by atoms with E-state index in [-0.39, 0.29) is 5.91 Å².